The van der Waals surface area contributed by atoms with Crippen molar-refractivity contribution >= 4 is 17.2 Å². The molecule has 5 rings (SSSR count). The summed E-state index contributed by atoms with van der Waals surface area (Å²) in [6.07, 6.45) is 4.18. The van der Waals surface area contributed by atoms with Crippen LogP contribution >= 0.6 is 11.3 Å². The minimum Gasteiger partial charge on any atom is -0.497 e. The van der Waals surface area contributed by atoms with Gasteiger partial charge in [0.1, 0.15) is 5.75 Å². The Morgan fingerprint density at radius 3 is 3.03 bits per heavy atom. The van der Waals surface area contributed by atoms with Crippen LogP contribution < -0.4 is 4.74 Å². The normalized spacial score (nSPS) is 18.8. The van der Waals surface area contributed by atoms with Gasteiger partial charge in [0.05, 0.1) is 25.1 Å². The molecule has 1 fully saturated rings. The zero-order valence-corrected chi connectivity index (χ0v) is 17.6. The van der Waals surface area contributed by atoms with E-state index in [0.717, 1.165) is 29.0 Å². The van der Waals surface area contributed by atoms with E-state index in [0.29, 0.717) is 31.4 Å². The van der Waals surface area contributed by atoms with Gasteiger partial charge in [-0.2, -0.15) is 4.98 Å². The third-order valence-electron chi connectivity index (χ3n) is 5.61. The zero-order valence-electron chi connectivity index (χ0n) is 16.8. The van der Waals surface area contributed by atoms with Crippen molar-refractivity contribution in [3.05, 3.63) is 51.5 Å². The first kappa shape index (κ1) is 19.3. The van der Waals surface area contributed by atoms with E-state index in [1.165, 1.54) is 23.3 Å². The summed E-state index contributed by atoms with van der Waals surface area (Å²) in [6.45, 7) is 1.41. The Labute approximate surface area is 178 Å². The molecule has 7 nitrogen and oxygen atoms in total. The molecule has 2 aliphatic rings. The molecule has 0 radical (unpaired) electrons. The first-order valence-electron chi connectivity index (χ1n) is 10.2. The Hall–Kier alpha value is -2.71. The topological polar surface area (TPSA) is 77.7 Å². The molecule has 3 heterocycles. The number of carbonyl (C=O) groups is 1. The highest BCUT2D eigenvalue weighted by molar-refractivity contribution is 7.14. The molecule has 1 atom stereocenters. The Balaban J connectivity index is 1.31. The quantitative estimate of drug-likeness (QED) is 0.631. The van der Waals surface area contributed by atoms with Gasteiger partial charge in [0.2, 0.25) is 5.82 Å². The third-order valence-corrected chi connectivity index (χ3v) is 6.83. The molecular weight excluding hydrogens is 402 g/mol. The van der Waals surface area contributed by atoms with E-state index in [9.17, 15) is 4.79 Å². The molecule has 1 unspecified atom stereocenters. The van der Waals surface area contributed by atoms with Crippen molar-refractivity contribution in [2.24, 2.45) is 0 Å². The van der Waals surface area contributed by atoms with E-state index >= 15 is 0 Å². The first-order valence-corrected chi connectivity index (χ1v) is 11.0. The number of amides is 1. The summed E-state index contributed by atoms with van der Waals surface area (Å²) >= 11 is 1.64. The van der Waals surface area contributed by atoms with Crippen LogP contribution in [0.4, 0.5) is 0 Å². The molecular formula is C22H23N3O4S. The zero-order chi connectivity index (χ0) is 20.5. The lowest BCUT2D eigenvalue weighted by atomic mass is 9.99. The van der Waals surface area contributed by atoms with Crippen molar-refractivity contribution in [1.82, 2.24) is 15.0 Å². The van der Waals surface area contributed by atoms with Crippen molar-refractivity contribution < 1.29 is 18.8 Å². The number of methoxy groups -OCH3 is 1. The third kappa shape index (κ3) is 3.73. The van der Waals surface area contributed by atoms with Gasteiger partial charge in [-0.05, 0) is 49.4 Å². The summed E-state index contributed by atoms with van der Waals surface area (Å²) in [5.74, 6) is 1.65. The van der Waals surface area contributed by atoms with E-state index in [1.807, 2.05) is 29.2 Å². The summed E-state index contributed by atoms with van der Waals surface area (Å²) in [4.78, 5) is 21.6. The number of benzene rings is 1. The van der Waals surface area contributed by atoms with Gasteiger partial charge >= 0.3 is 0 Å². The molecule has 1 saturated heterocycles. The van der Waals surface area contributed by atoms with Crippen molar-refractivity contribution in [3.8, 4) is 17.1 Å². The average molecular weight is 426 g/mol. The van der Waals surface area contributed by atoms with Crippen LogP contribution in [0.5, 0.6) is 5.75 Å². The minimum absolute atomic E-state index is 0.0650. The summed E-state index contributed by atoms with van der Waals surface area (Å²) in [7, 11) is 1.62. The fourth-order valence-electron chi connectivity index (χ4n) is 3.98. The number of aromatic nitrogens is 2. The minimum atomic E-state index is -0.427. The molecule has 30 heavy (non-hydrogen) atoms. The van der Waals surface area contributed by atoms with Gasteiger partial charge in [-0.3, -0.25) is 4.79 Å². The highest BCUT2D eigenvalue weighted by Crippen LogP contribution is 2.32. The van der Waals surface area contributed by atoms with E-state index in [1.54, 1.807) is 18.4 Å². The first-order chi connectivity index (χ1) is 14.7. The number of fused-ring (bicyclic) bond motifs is 1. The fraction of sp³-hybridized carbons (Fsp3) is 0.409. The Bertz CT molecular complexity index is 1040. The second kappa shape index (κ2) is 8.20. The van der Waals surface area contributed by atoms with Crippen LogP contribution in [0.3, 0.4) is 0 Å². The smallest absolute Gasteiger partial charge is 0.264 e. The highest BCUT2D eigenvalue weighted by Gasteiger charge is 2.31. The number of hydrogen-bond donors (Lipinski definition) is 0. The molecule has 1 amide bonds. The van der Waals surface area contributed by atoms with Crippen molar-refractivity contribution in [3.63, 3.8) is 0 Å². The van der Waals surface area contributed by atoms with Gasteiger partial charge in [-0.15, -0.1) is 11.3 Å². The molecule has 0 saturated carbocycles. The molecule has 0 N–H and O–H groups in total. The van der Waals surface area contributed by atoms with E-state index in [4.69, 9.17) is 14.0 Å². The average Bonchev–Trinajstić information content (AvgIpc) is 3.46. The van der Waals surface area contributed by atoms with Crippen LogP contribution in [0.15, 0.2) is 34.9 Å². The van der Waals surface area contributed by atoms with Gasteiger partial charge < -0.3 is 18.9 Å². The molecule has 0 spiro atoms. The molecule has 1 aliphatic carbocycles. The Kier molecular flexibility index (Phi) is 5.26. The monoisotopic (exact) mass is 425 g/mol. The predicted octanol–water partition coefficient (Wildman–Crippen LogP) is 3.90. The maximum absolute atomic E-state index is 13.1. The van der Waals surface area contributed by atoms with Crippen molar-refractivity contribution in [1.29, 1.82) is 0 Å². The molecule has 1 aromatic carbocycles. The van der Waals surface area contributed by atoms with Gasteiger partial charge in [0.25, 0.3) is 11.8 Å². The Morgan fingerprint density at radius 2 is 2.17 bits per heavy atom. The van der Waals surface area contributed by atoms with Crippen molar-refractivity contribution in [2.75, 3.05) is 26.8 Å². The number of morpholine rings is 1. The molecule has 1 aliphatic heterocycles. The standard InChI is InChI=1S/C22H23N3O4S/c1-27-16-7-4-6-15(11-16)20-23-21(29-24-20)17-13-25(9-10-28-17)22(26)19-12-14-5-2-3-8-18(14)30-19/h4,6-7,11-12,17H,2-3,5,8-10,13H2,1H3. The highest BCUT2D eigenvalue weighted by atomic mass is 32.1. The second-order valence-electron chi connectivity index (χ2n) is 7.56. The summed E-state index contributed by atoms with van der Waals surface area (Å²) in [5, 5.41) is 4.09. The van der Waals surface area contributed by atoms with Gasteiger partial charge in [0.15, 0.2) is 6.10 Å². The van der Waals surface area contributed by atoms with E-state index < -0.39 is 6.10 Å². The predicted molar refractivity (Wildman–Crippen MR) is 112 cm³/mol. The van der Waals surface area contributed by atoms with Crippen LogP contribution in [0.2, 0.25) is 0 Å². The summed E-state index contributed by atoms with van der Waals surface area (Å²) in [6, 6.07) is 9.57. The number of thiophene rings is 1. The maximum Gasteiger partial charge on any atom is 0.264 e. The lowest BCUT2D eigenvalue weighted by Crippen LogP contribution is -2.42. The van der Waals surface area contributed by atoms with Crippen LogP contribution in [-0.4, -0.2) is 47.8 Å². The SMILES string of the molecule is COc1cccc(-c2noc(C3CN(C(=O)c4cc5c(s4)CCCC5)CCO3)n2)c1. The number of ether oxygens (including phenoxy) is 2. The fourth-order valence-corrected chi connectivity index (χ4v) is 5.20. The van der Waals surface area contributed by atoms with Crippen LogP contribution in [0.1, 0.15) is 44.9 Å². The molecule has 156 valence electrons. The second-order valence-corrected chi connectivity index (χ2v) is 8.70. The maximum atomic E-state index is 13.1. The summed E-state index contributed by atoms with van der Waals surface area (Å²) < 4.78 is 16.6. The number of carbonyl (C=O) groups excluding carboxylic acids is 1. The number of hydrogen-bond acceptors (Lipinski definition) is 7. The molecule has 2 aromatic heterocycles. The number of nitrogens with zero attached hydrogens (tertiary/aromatic N) is 3. The van der Waals surface area contributed by atoms with E-state index in [-0.39, 0.29) is 5.91 Å². The largest absolute Gasteiger partial charge is 0.497 e. The summed E-state index contributed by atoms with van der Waals surface area (Å²) in [5.41, 5.74) is 2.15. The molecule has 8 heteroatoms. The molecule has 0 bridgehead atoms. The number of aryl methyl sites for hydroxylation is 2. The van der Waals surface area contributed by atoms with Gasteiger partial charge in [-0.25, -0.2) is 0 Å². The van der Waals surface area contributed by atoms with Crippen LogP contribution in [0, 0.1) is 0 Å². The lowest BCUT2D eigenvalue weighted by molar-refractivity contribution is -0.0365. The van der Waals surface area contributed by atoms with Crippen LogP contribution in [0.25, 0.3) is 11.4 Å². The lowest BCUT2D eigenvalue weighted by Gasteiger charge is -2.30. The molecule has 3 aromatic rings. The van der Waals surface area contributed by atoms with Crippen molar-refractivity contribution in [2.45, 2.75) is 31.8 Å². The number of rotatable bonds is 4. The van der Waals surface area contributed by atoms with Gasteiger partial charge in [0, 0.05) is 17.0 Å². The Morgan fingerprint density at radius 1 is 1.27 bits per heavy atom. The van der Waals surface area contributed by atoms with Gasteiger partial charge in [-0.1, -0.05) is 17.3 Å². The van der Waals surface area contributed by atoms with Crippen LogP contribution in [-0.2, 0) is 17.6 Å². The van der Waals surface area contributed by atoms with E-state index in [2.05, 4.69) is 16.2 Å².